The predicted octanol–water partition coefficient (Wildman–Crippen LogP) is 5.17. The van der Waals surface area contributed by atoms with Crippen LogP contribution < -0.4 is 15.8 Å². The molecule has 2 aliphatic rings. The van der Waals surface area contributed by atoms with Crippen molar-refractivity contribution in [2.24, 2.45) is 11.1 Å². The van der Waals surface area contributed by atoms with Crippen molar-refractivity contribution in [1.82, 2.24) is 15.3 Å². The maximum Gasteiger partial charge on any atom is 0.208 e. The van der Waals surface area contributed by atoms with Crippen LogP contribution in [0.25, 0.3) is 0 Å². The summed E-state index contributed by atoms with van der Waals surface area (Å²) in [7, 11) is 0. The zero-order valence-corrected chi connectivity index (χ0v) is 21.6. The number of aromatic nitrogens is 2. The average molecular weight is 530 g/mol. The van der Waals surface area contributed by atoms with Crippen molar-refractivity contribution in [1.29, 1.82) is 0 Å². The molecule has 2 fully saturated rings. The van der Waals surface area contributed by atoms with E-state index in [1.54, 1.807) is 6.20 Å². The molecule has 1 saturated heterocycles. The SMILES string of the molecule is NSOCC1CCC(Nc2ncncc2C(=O)c2cc(C3(c4cccc(Cl)c4)CCCN3)cs2)C1. The maximum absolute atomic E-state index is 13.6. The molecule has 1 aliphatic carbocycles. The number of nitrogens with zero attached hydrogens (tertiary/aromatic N) is 2. The zero-order valence-electron chi connectivity index (χ0n) is 19.2. The smallest absolute Gasteiger partial charge is 0.208 e. The van der Waals surface area contributed by atoms with Gasteiger partial charge >= 0.3 is 0 Å². The molecular weight excluding hydrogens is 502 g/mol. The number of hydrogen-bond donors (Lipinski definition) is 3. The van der Waals surface area contributed by atoms with Crippen molar-refractivity contribution in [3.63, 3.8) is 0 Å². The van der Waals surface area contributed by atoms with Crippen molar-refractivity contribution < 1.29 is 8.98 Å². The largest absolute Gasteiger partial charge is 0.367 e. The maximum atomic E-state index is 13.6. The van der Waals surface area contributed by atoms with Crippen molar-refractivity contribution in [2.45, 2.75) is 43.7 Å². The van der Waals surface area contributed by atoms with Crippen LogP contribution in [0.4, 0.5) is 5.82 Å². The van der Waals surface area contributed by atoms with E-state index < -0.39 is 0 Å². The molecule has 1 aliphatic heterocycles. The van der Waals surface area contributed by atoms with E-state index in [2.05, 4.69) is 32.0 Å². The van der Waals surface area contributed by atoms with Gasteiger partial charge in [0, 0.05) is 17.3 Å². The van der Waals surface area contributed by atoms with Crippen LogP contribution in [0.1, 0.15) is 58.5 Å². The van der Waals surface area contributed by atoms with E-state index in [0.29, 0.717) is 33.8 Å². The topological polar surface area (TPSA) is 102 Å². The molecule has 3 unspecified atom stereocenters. The summed E-state index contributed by atoms with van der Waals surface area (Å²) in [5.41, 5.74) is 2.37. The third kappa shape index (κ3) is 5.26. The molecule has 3 aromatic rings. The second-order valence-corrected chi connectivity index (χ2v) is 10.9. The van der Waals surface area contributed by atoms with Gasteiger partial charge in [-0.25, -0.2) is 9.97 Å². The second kappa shape index (κ2) is 10.9. The molecule has 1 aromatic carbocycles. The fourth-order valence-corrected chi connectivity index (χ4v) is 6.66. The standard InChI is InChI=1S/C25H28ClN5O2S2/c26-19-4-1-3-17(10-19)25(7-2-8-30-25)18-11-22(34-14-18)23(32)21-12-28-15-29-24(21)31-20-6-5-16(9-20)13-33-35-27/h1,3-4,10-12,14-16,20,30H,2,5-9,13,27H2,(H,28,29,31). The van der Waals surface area contributed by atoms with E-state index in [1.165, 1.54) is 17.7 Å². The molecule has 0 amide bonds. The van der Waals surface area contributed by atoms with Crippen LogP contribution in [0.2, 0.25) is 5.02 Å². The second-order valence-electron chi connectivity index (χ2n) is 9.16. The van der Waals surface area contributed by atoms with Crippen molar-refractivity contribution in [3.05, 3.63) is 74.8 Å². The highest BCUT2D eigenvalue weighted by Gasteiger charge is 2.38. The molecule has 35 heavy (non-hydrogen) atoms. The molecule has 0 spiro atoms. The van der Waals surface area contributed by atoms with Crippen LogP contribution in [-0.4, -0.2) is 34.9 Å². The van der Waals surface area contributed by atoms with Gasteiger partial charge in [0.2, 0.25) is 5.78 Å². The number of ketones is 1. The first-order valence-electron chi connectivity index (χ1n) is 11.8. The number of benzene rings is 1. The van der Waals surface area contributed by atoms with Gasteiger partial charge in [-0.3, -0.25) is 9.93 Å². The van der Waals surface area contributed by atoms with Gasteiger partial charge < -0.3 is 14.8 Å². The molecule has 184 valence electrons. The summed E-state index contributed by atoms with van der Waals surface area (Å²) in [5.74, 6) is 0.968. The Morgan fingerprint density at radius 1 is 1.34 bits per heavy atom. The van der Waals surface area contributed by atoms with Gasteiger partial charge in [0.15, 0.2) is 0 Å². The molecule has 7 nitrogen and oxygen atoms in total. The van der Waals surface area contributed by atoms with E-state index in [4.69, 9.17) is 20.9 Å². The Hall–Kier alpha value is -2.01. The molecule has 4 N–H and O–H groups in total. The monoisotopic (exact) mass is 529 g/mol. The highest BCUT2D eigenvalue weighted by Crippen LogP contribution is 2.41. The van der Waals surface area contributed by atoms with Gasteiger partial charge in [-0.1, -0.05) is 23.7 Å². The minimum absolute atomic E-state index is 0.0685. The first-order valence-corrected chi connectivity index (χ1v) is 13.8. The number of anilines is 1. The summed E-state index contributed by atoms with van der Waals surface area (Å²) in [6.45, 7) is 1.55. The summed E-state index contributed by atoms with van der Waals surface area (Å²) >= 11 is 8.69. The number of thiophene rings is 1. The molecule has 0 bridgehead atoms. The Morgan fingerprint density at radius 3 is 3.06 bits per heavy atom. The summed E-state index contributed by atoms with van der Waals surface area (Å²) < 4.78 is 5.30. The van der Waals surface area contributed by atoms with E-state index >= 15 is 0 Å². The number of rotatable bonds is 9. The van der Waals surface area contributed by atoms with Crippen LogP contribution in [0.5, 0.6) is 0 Å². The highest BCUT2D eigenvalue weighted by atomic mass is 35.5. The van der Waals surface area contributed by atoms with Gasteiger partial charge in [0.05, 0.1) is 34.8 Å². The van der Waals surface area contributed by atoms with Gasteiger partial charge in [0.1, 0.15) is 12.1 Å². The van der Waals surface area contributed by atoms with Crippen molar-refractivity contribution in [2.75, 3.05) is 18.5 Å². The number of nitrogens with one attached hydrogen (secondary N) is 2. The van der Waals surface area contributed by atoms with Crippen molar-refractivity contribution in [3.8, 4) is 0 Å². The third-order valence-corrected chi connectivity index (χ3v) is 8.44. The Morgan fingerprint density at radius 2 is 2.26 bits per heavy atom. The van der Waals surface area contributed by atoms with Crippen molar-refractivity contribution >= 4 is 46.8 Å². The van der Waals surface area contributed by atoms with E-state index in [-0.39, 0.29) is 17.4 Å². The van der Waals surface area contributed by atoms with Gasteiger partial charge in [-0.2, -0.15) is 0 Å². The minimum atomic E-state index is -0.336. The molecule has 0 radical (unpaired) electrons. The molecule has 10 heteroatoms. The van der Waals surface area contributed by atoms with Gasteiger partial charge in [-0.05, 0) is 79.3 Å². The van der Waals surface area contributed by atoms with Gasteiger partial charge in [-0.15, -0.1) is 11.3 Å². The summed E-state index contributed by atoms with van der Waals surface area (Å²) in [6.07, 6.45) is 8.11. The minimum Gasteiger partial charge on any atom is -0.367 e. The lowest BCUT2D eigenvalue weighted by Gasteiger charge is -2.30. The lowest BCUT2D eigenvalue weighted by atomic mass is 9.83. The molecule has 3 atom stereocenters. The average Bonchev–Trinajstić information content (AvgIpc) is 3.64. The number of hydrogen-bond acceptors (Lipinski definition) is 9. The van der Waals surface area contributed by atoms with Crippen LogP contribution in [0, 0.1) is 5.92 Å². The highest BCUT2D eigenvalue weighted by molar-refractivity contribution is 7.92. The van der Waals surface area contributed by atoms with E-state index in [9.17, 15) is 4.79 Å². The first-order chi connectivity index (χ1) is 17.1. The lowest BCUT2D eigenvalue weighted by molar-refractivity contribution is 0.104. The predicted molar refractivity (Wildman–Crippen MR) is 142 cm³/mol. The van der Waals surface area contributed by atoms with Gasteiger partial charge in [0.25, 0.3) is 0 Å². The zero-order chi connectivity index (χ0) is 24.3. The van der Waals surface area contributed by atoms with Crippen LogP contribution >= 0.6 is 35.2 Å². The Labute approximate surface area is 218 Å². The summed E-state index contributed by atoms with van der Waals surface area (Å²) in [5, 5.41) is 15.3. The van der Waals surface area contributed by atoms with E-state index in [0.717, 1.165) is 62.0 Å². The quantitative estimate of drug-likeness (QED) is 0.198. The Bertz CT molecular complexity index is 1180. The molecule has 5 rings (SSSR count). The first kappa shape index (κ1) is 24.7. The molecule has 3 heterocycles. The summed E-state index contributed by atoms with van der Waals surface area (Å²) in [4.78, 5) is 22.8. The van der Waals surface area contributed by atoms with Crippen LogP contribution in [-0.2, 0) is 9.72 Å². The molecular formula is C25H28ClN5O2S2. The normalized spacial score (nSPS) is 24.1. The Kier molecular flexibility index (Phi) is 7.71. The Balaban J connectivity index is 1.37. The lowest BCUT2D eigenvalue weighted by Crippen LogP contribution is -2.37. The molecule has 1 saturated carbocycles. The fraction of sp³-hybridized carbons (Fsp3) is 0.400. The van der Waals surface area contributed by atoms with Crippen LogP contribution in [0.15, 0.2) is 48.2 Å². The van der Waals surface area contributed by atoms with E-state index in [1.807, 2.05) is 24.3 Å². The molecule has 2 aromatic heterocycles. The number of carbonyl (C=O) groups is 1. The number of nitrogens with two attached hydrogens (primary N) is 1. The van der Waals surface area contributed by atoms with Crippen LogP contribution in [0.3, 0.4) is 0 Å². The number of halogens is 1. The number of carbonyl (C=O) groups excluding carboxylic acids is 1. The summed E-state index contributed by atoms with van der Waals surface area (Å²) in [6, 6.07) is 10.2. The third-order valence-electron chi connectivity index (χ3n) is 7.00. The fourth-order valence-electron chi connectivity index (χ4n) is 5.27.